The van der Waals surface area contributed by atoms with E-state index in [1.165, 1.54) is 10.4 Å². The van der Waals surface area contributed by atoms with Gasteiger partial charge in [-0.25, -0.2) is 9.67 Å². The summed E-state index contributed by atoms with van der Waals surface area (Å²) in [6.45, 7) is 2.09. The average molecular weight is 340 g/mol. The van der Waals surface area contributed by atoms with Gasteiger partial charge >= 0.3 is 0 Å². The molecule has 114 valence electrons. The number of rotatable bonds is 4. The number of thiophene rings is 1. The molecule has 0 radical (unpaired) electrons. The van der Waals surface area contributed by atoms with Gasteiger partial charge in [0, 0.05) is 11.1 Å². The van der Waals surface area contributed by atoms with E-state index < -0.39 is 0 Å². The lowest BCUT2D eigenvalue weighted by Crippen LogP contribution is -1.95. The summed E-state index contributed by atoms with van der Waals surface area (Å²) in [5.74, 6) is 0. The number of tetrazole rings is 1. The molecule has 4 rings (SSSR count). The Bertz CT molecular complexity index is 908. The first-order chi connectivity index (χ1) is 11.3. The van der Waals surface area contributed by atoms with Crippen LogP contribution < -0.4 is 5.32 Å². The molecule has 0 aliphatic heterocycles. The maximum Gasteiger partial charge on any atom is 0.187 e. The highest BCUT2D eigenvalue weighted by molar-refractivity contribution is 7.16. The fraction of sp³-hybridized carbons (Fsp3) is 0.0667. The highest BCUT2D eigenvalue weighted by Gasteiger charge is 2.07. The van der Waals surface area contributed by atoms with E-state index in [0.717, 1.165) is 22.2 Å². The lowest BCUT2D eigenvalue weighted by molar-refractivity contribution is 0.789. The van der Waals surface area contributed by atoms with Crippen LogP contribution >= 0.6 is 22.7 Å². The molecule has 0 unspecified atom stereocenters. The second-order valence-electron chi connectivity index (χ2n) is 4.95. The maximum absolute atomic E-state index is 4.64. The molecule has 0 saturated carbocycles. The van der Waals surface area contributed by atoms with Gasteiger partial charge in [0.1, 0.15) is 6.33 Å². The minimum absolute atomic E-state index is 0.876. The zero-order valence-electron chi connectivity index (χ0n) is 12.2. The number of aryl methyl sites for hydroxylation is 1. The van der Waals surface area contributed by atoms with Gasteiger partial charge in [-0.3, -0.25) is 0 Å². The van der Waals surface area contributed by atoms with E-state index in [1.807, 2.05) is 24.3 Å². The monoisotopic (exact) mass is 340 g/mol. The molecule has 0 fully saturated rings. The Morgan fingerprint density at radius 2 is 1.96 bits per heavy atom. The van der Waals surface area contributed by atoms with Crippen molar-refractivity contribution in [3.63, 3.8) is 0 Å². The van der Waals surface area contributed by atoms with E-state index in [1.54, 1.807) is 33.7 Å². The third-order valence-electron chi connectivity index (χ3n) is 3.22. The zero-order chi connectivity index (χ0) is 15.6. The average Bonchev–Trinajstić information content (AvgIpc) is 3.29. The molecule has 6 nitrogen and oxygen atoms in total. The fourth-order valence-corrected chi connectivity index (χ4v) is 3.78. The lowest BCUT2D eigenvalue weighted by Gasteiger charge is -2.04. The molecule has 0 aliphatic rings. The number of benzene rings is 1. The molecule has 0 saturated heterocycles. The van der Waals surface area contributed by atoms with Crippen molar-refractivity contribution in [1.82, 2.24) is 25.2 Å². The van der Waals surface area contributed by atoms with Crippen LogP contribution in [0, 0.1) is 6.92 Å². The molecule has 8 heteroatoms. The third kappa shape index (κ3) is 2.99. The molecule has 0 aliphatic carbocycles. The highest BCUT2D eigenvalue weighted by atomic mass is 32.1. The van der Waals surface area contributed by atoms with Crippen LogP contribution in [0.15, 0.2) is 47.4 Å². The van der Waals surface area contributed by atoms with Crippen LogP contribution in [0.4, 0.5) is 10.8 Å². The summed E-state index contributed by atoms with van der Waals surface area (Å²) < 4.78 is 1.62. The van der Waals surface area contributed by atoms with Crippen LogP contribution in [-0.4, -0.2) is 25.2 Å². The Balaban J connectivity index is 1.51. The van der Waals surface area contributed by atoms with Gasteiger partial charge in [-0.1, -0.05) is 0 Å². The standard InChI is InChI=1S/C15H12N6S2/c1-10-6-14(22-7-10)13-8-23-15(18-13)17-11-2-4-12(5-3-11)21-9-16-19-20-21/h2-9H,1H3,(H,17,18). The van der Waals surface area contributed by atoms with Crippen molar-refractivity contribution in [2.75, 3.05) is 5.32 Å². The largest absolute Gasteiger partial charge is 0.332 e. The molecular weight excluding hydrogens is 328 g/mol. The highest BCUT2D eigenvalue weighted by Crippen LogP contribution is 2.31. The van der Waals surface area contributed by atoms with Crippen molar-refractivity contribution < 1.29 is 0 Å². The second kappa shape index (κ2) is 5.90. The molecule has 0 bridgehead atoms. The van der Waals surface area contributed by atoms with Gasteiger partial charge in [0.25, 0.3) is 0 Å². The SMILES string of the molecule is Cc1csc(-c2csc(Nc3ccc(-n4cnnn4)cc3)n2)c1. The van der Waals surface area contributed by atoms with Crippen molar-refractivity contribution >= 4 is 33.5 Å². The number of aromatic nitrogens is 5. The second-order valence-corrected chi connectivity index (χ2v) is 6.72. The summed E-state index contributed by atoms with van der Waals surface area (Å²) in [4.78, 5) is 5.84. The van der Waals surface area contributed by atoms with Crippen LogP contribution in [0.3, 0.4) is 0 Å². The predicted octanol–water partition coefficient (Wildman–Crippen LogP) is 3.90. The van der Waals surface area contributed by atoms with Crippen molar-refractivity contribution in [1.29, 1.82) is 0 Å². The first-order valence-electron chi connectivity index (χ1n) is 6.89. The van der Waals surface area contributed by atoms with E-state index >= 15 is 0 Å². The molecule has 0 atom stereocenters. The van der Waals surface area contributed by atoms with Crippen molar-refractivity contribution in [2.24, 2.45) is 0 Å². The molecule has 4 aromatic rings. The van der Waals surface area contributed by atoms with Gasteiger partial charge in [-0.05, 0) is 58.6 Å². The van der Waals surface area contributed by atoms with Crippen LogP contribution in [0.25, 0.3) is 16.3 Å². The van der Waals surface area contributed by atoms with Gasteiger partial charge in [0.2, 0.25) is 0 Å². The first-order valence-corrected chi connectivity index (χ1v) is 8.65. The number of nitrogens with zero attached hydrogens (tertiary/aromatic N) is 5. The molecule has 3 aromatic heterocycles. The number of thiazole rings is 1. The zero-order valence-corrected chi connectivity index (χ0v) is 13.8. The van der Waals surface area contributed by atoms with E-state index in [2.05, 4.69) is 49.6 Å². The number of nitrogens with one attached hydrogen (secondary N) is 1. The van der Waals surface area contributed by atoms with Crippen LogP contribution in [0.5, 0.6) is 0 Å². The molecule has 23 heavy (non-hydrogen) atoms. The Kier molecular flexibility index (Phi) is 3.60. The van der Waals surface area contributed by atoms with E-state index in [0.29, 0.717) is 0 Å². The lowest BCUT2D eigenvalue weighted by atomic mass is 10.3. The van der Waals surface area contributed by atoms with Gasteiger partial charge in [0.15, 0.2) is 5.13 Å². The van der Waals surface area contributed by atoms with Gasteiger partial charge in [-0.15, -0.1) is 27.8 Å². The van der Waals surface area contributed by atoms with Gasteiger partial charge in [-0.2, -0.15) is 0 Å². The first kappa shape index (κ1) is 14.0. The minimum Gasteiger partial charge on any atom is -0.332 e. The number of hydrogen-bond donors (Lipinski definition) is 1. The summed E-state index contributed by atoms with van der Waals surface area (Å²) in [6.07, 6.45) is 1.57. The molecule has 1 aromatic carbocycles. The van der Waals surface area contributed by atoms with E-state index in [4.69, 9.17) is 0 Å². The Morgan fingerprint density at radius 3 is 2.65 bits per heavy atom. The molecular formula is C15H12N6S2. The Hall–Kier alpha value is -2.58. The Morgan fingerprint density at radius 1 is 1.09 bits per heavy atom. The molecule has 0 amide bonds. The van der Waals surface area contributed by atoms with Crippen molar-refractivity contribution in [3.8, 4) is 16.3 Å². The maximum atomic E-state index is 4.64. The molecule has 3 heterocycles. The van der Waals surface area contributed by atoms with Crippen LogP contribution in [0.1, 0.15) is 5.56 Å². The topological polar surface area (TPSA) is 68.5 Å². The van der Waals surface area contributed by atoms with Crippen LogP contribution in [-0.2, 0) is 0 Å². The summed E-state index contributed by atoms with van der Waals surface area (Å²) >= 11 is 3.31. The summed E-state index contributed by atoms with van der Waals surface area (Å²) in [6, 6.07) is 10.0. The minimum atomic E-state index is 0.876. The van der Waals surface area contributed by atoms with Crippen molar-refractivity contribution in [3.05, 3.63) is 53.0 Å². The van der Waals surface area contributed by atoms with E-state index in [-0.39, 0.29) is 0 Å². The van der Waals surface area contributed by atoms with E-state index in [9.17, 15) is 0 Å². The number of hydrogen-bond acceptors (Lipinski definition) is 7. The smallest absolute Gasteiger partial charge is 0.187 e. The van der Waals surface area contributed by atoms with Crippen LogP contribution in [0.2, 0.25) is 0 Å². The summed E-state index contributed by atoms with van der Waals surface area (Å²) in [7, 11) is 0. The summed E-state index contributed by atoms with van der Waals surface area (Å²) in [5.41, 5.74) is 4.17. The number of anilines is 2. The predicted molar refractivity (Wildman–Crippen MR) is 92.6 cm³/mol. The molecule has 1 N–H and O–H groups in total. The quantitative estimate of drug-likeness (QED) is 0.610. The summed E-state index contributed by atoms with van der Waals surface area (Å²) in [5, 5.41) is 19.5. The normalized spacial score (nSPS) is 10.8. The Labute approximate surface area is 140 Å². The molecule has 0 spiro atoms. The van der Waals surface area contributed by atoms with Crippen molar-refractivity contribution in [2.45, 2.75) is 6.92 Å². The van der Waals surface area contributed by atoms with Gasteiger partial charge < -0.3 is 5.32 Å². The third-order valence-corrected chi connectivity index (χ3v) is 5.05. The van der Waals surface area contributed by atoms with Gasteiger partial charge in [0.05, 0.1) is 16.3 Å². The fourth-order valence-electron chi connectivity index (χ4n) is 2.11.